The van der Waals surface area contributed by atoms with Gasteiger partial charge in [-0.1, -0.05) is 23.2 Å². The first-order chi connectivity index (χ1) is 9.88. The van der Waals surface area contributed by atoms with E-state index in [4.69, 9.17) is 33.0 Å². The first-order valence-electron chi connectivity index (χ1n) is 5.53. The molecular formula is C13H7Cl2NO5. The lowest BCUT2D eigenvalue weighted by molar-refractivity contribution is -0.384. The Bertz CT molecular complexity index is 732. The van der Waals surface area contributed by atoms with Crippen LogP contribution in [0, 0.1) is 10.1 Å². The number of nitro groups is 1. The zero-order valence-corrected chi connectivity index (χ0v) is 11.8. The van der Waals surface area contributed by atoms with Crippen LogP contribution in [0.4, 0.5) is 5.69 Å². The smallest absolute Gasteiger partial charge is 0.339 e. The maximum atomic E-state index is 11.1. The van der Waals surface area contributed by atoms with E-state index in [0.717, 1.165) is 6.07 Å². The van der Waals surface area contributed by atoms with E-state index in [1.54, 1.807) is 0 Å². The van der Waals surface area contributed by atoms with Crippen LogP contribution in [-0.4, -0.2) is 16.0 Å². The highest BCUT2D eigenvalue weighted by molar-refractivity contribution is 6.32. The maximum absolute atomic E-state index is 11.1. The molecule has 2 aromatic carbocycles. The van der Waals surface area contributed by atoms with Crippen molar-refractivity contribution in [2.24, 2.45) is 0 Å². The van der Waals surface area contributed by atoms with E-state index < -0.39 is 10.9 Å². The fourth-order valence-electron chi connectivity index (χ4n) is 1.56. The van der Waals surface area contributed by atoms with Gasteiger partial charge >= 0.3 is 5.97 Å². The average molecular weight is 328 g/mol. The van der Waals surface area contributed by atoms with Gasteiger partial charge in [0.25, 0.3) is 5.69 Å². The van der Waals surface area contributed by atoms with E-state index in [1.165, 1.54) is 30.3 Å². The first kappa shape index (κ1) is 15.1. The van der Waals surface area contributed by atoms with E-state index in [9.17, 15) is 14.9 Å². The monoisotopic (exact) mass is 327 g/mol. The highest BCUT2D eigenvalue weighted by atomic mass is 35.5. The Hall–Kier alpha value is -2.31. The number of ether oxygens (including phenoxy) is 1. The number of rotatable bonds is 4. The molecule has 2 rings (SSSR count). The zero-order chi connectivity index (χ0) is 15.6. The molecule has 0 fully saturated rings. The number of hydrogen-bond acceptors (Lipinski definition) is 4. The minimum Gasteiger partial charge on any atom is -0.478 e. The number of carboxylic acids is 1. The molecule has 0 radical (unpaired) electrons. The summed E-state index contributed by atoms with van der Waals surface area (Å²) >= 11 is 11.6. The molecule has 0 aliphatic rings. The quantitative estimate of drug-likeness (QED) is 0.664. The summed E-state index contributed by atoms with van der Waals surface area (Å²) < 4.78 is 5.37. The second-order valence-electron chi connectivity index (χ2n) is 3.92. The van der Waals surface area contributed by atoms with Crippen LogP contribution >= 0.6 is 23.2 Å². The van der Waals surface area contributed by atoms with Crippen LogP contribution in [-0.2, 0) is 0 Å². The van der Waals surface area contributed by atoms with Gasteiger partial charge in [-0.05, 0) is 24.3 Å². The van der Waals surface area contributed by atoms with Crippen molar-refractivity contribution in [3.63, 3.8) is 0 Å². The first-order valence-corrected chi connectivity index (χ1v) is 6.28. The second kappa shape index (κ2) is 5.99. The van der Waals surface area contributed by atoms with Crippen LogP contribution in [0.5, 0.6) is 11.5 Å². The molecule has 0 aliphatic heterocycles. The summed E-state index contributed by atoms with van der Waals surface area (Å²) in [6.07, 6.45) is 0. The lowest BCUT2D eigenvalue weighted by Crippen LogP contribution is -2.00. The van der Waals surface area contributed by atoms with Gasteiger partial charge in [-0.25, -0.2) is 4.79 Å². The van der Waals surface area contributed by atoms with Gasteiger partial charge in [-0.2, -0.15) is 0 Å². The fourth-order valence-corrected chi connectivity index (χ4v) is 1.89. The number of carbonyl (C=O) groups is 1. The van der Waals surface area contributed by atoms with Gasteiger partial charge in [-0.15, -0.1) is 0 Å². The molecule has 2 aromatic rings. The molecule has 0 aromatic heterocycles. The lowest BCUT2D eigenvalue weighted by atomic mass is 10.2. The SMILES string of the molecule is O=C(O)c1cc(Cl)ccc1Oc1cc([N+](=O)[O-])ccc1Cl. The number of halogens is 2. The van der Waals surface area contributed by atoms with Crippen molar-refractivity contribution in [2.45, 2.75) is 0 Å². The molecule has 0 heterocycles. The third-order valence-corrected chi connectivity index (χ3v) is 3.06. The van der Waals surface area contributed by atoms with E-state index >= 15 is 0 Å². The number of hydrogen-bond donors (Lipinski definition) is 1. The molecule has 0 bridgehead atoms. The Morgan fingerprint density at radius 2 is 1.86 bits per heavy atom. The van der Waals surface area contributed by atoms with Crippen LogP contribution in [0.25, 0.3) is 0 Å². The maximum Gasteiger partial charge on any atom is 0.339 e. The summed E-state index contributed by atoms with van der Waals surface area (Å²) in [6.45, 7) is 0. The summed E-state index contributed by atoms with van der Waals surface area (Å²) in [4.78, 5) is 21.3. The summed E-state index contributed by atoms with van der Waals surface area (Å²) in [7, 11) is 0. The zero-order valence-electron chi connectivity index (χ0n) is 10.2. The number of nitrogens with zero attached hydrogens (tertiary/aromatic N) is 1. The predicted molar refractivity (Wildman–Crippen MR) is 76.6 cm³/mol. The number of nitro benzene ring substituents is 1. The Morgan fingerprint density at radius 1 is 1.14 bits per heavy atom. The van der Waals surface area contributed by atoms with Crippen molar-refractivity contribution in [2.75, 3.05) is 0 Å². The van der Waals surface area contributed by atoms with E-state index in [-0.39, 0.29) is 32.8 Å². The Morgan fingerprint density at radius 3 is 2.48 bits per heavy atom. The van der Waals surface area contributed by atoms with Crippen molar-refractivity contribution < 1.29 is 19.6 Å². The van der Waals surface area contributed by atoms with Gasteiger partial charge < -0.3 is 9.84 Å². The summed E-state index contributed by atoms with van der Waals surface area (Å²) in [6, 6.07) is 7.63. The van der Waals surface area contributed by atoms with E-state index in [0.29, 0.717) is 0 Å². The lowest BCUT2D eigenvalue weighted by Gasteiger charge is -2.10. The molecule has 0 amide bonds. The van der Waals surface area contributed by atoms with Crippen molar-refractivity contribution in [3.05, 3.63) is 62.1 Å². The standard InChI is InChI=1S/C13H7Cl2NO5/c14-7-1-4-11(9(5-7)13(17)18)21-12-6-8(16(19)20)2-3-10(12)15/h1-6H,(H,17,18). The van der Waals surface area contributed by atoms with Gasteiger partial charge in [0.1, 0.15) is 11.3 Å². The van der Waals surface area contributed by atoms with Crippen molar-refractivity contribution in [1.82, 2.24) is 0 Å². The van der Waals surface area contributed by atoms with Gasteiger partial charge in [0, 0.05) is 11.1 Å². The molecule has 0 unspecified atom stereocenters. The molecule has 21 heavy (non-hydrogen) atoms. The van der Waals surface area contributed by atoms with Crippen molar-refractivity contribution in [3.8, 4) is 11.5 Å². The van der Waals surface area contributed by atoms with Crippen LogP contribution in [0.3, 0.4) is 0 Å². The molecule has 0 aliphatic carbocycles. The summed E-state index contributed by atoms with van der Waals surface area (Å²) in [5.41, 5.74) is -0.398. The third-order valence-electron chi connectivity index (χ3n) is 2.52. The van der Waals surface area contributed by atoms with Gasteiger partial charge in [0.15, 0.2) is 5.75 Å². The molecule has 6 nitrogen and oxygen atoms in total. The second-order valence-corrected chi connectivity index (χ2v) is 4.76. The van der Waals surface area contributed by atoms with Crippen LogP contribution in [0.15, 0.2) is 36.4 Å². The van der Waals surface area contributed by atoms with E-state index in [1.807, 2.05) is 0 Å². The molecule has 0 saturated carbocycles. The van der Waals surface area contributed by atoms with Crippen LogP contribution < -0.4 is 4.74 Å². The Balaban J connectivity index is 2.45. The molecule has 1 N–H and O–H groups in total. The number of non-ortho nitro benzene ring substituents is 1. The normalized spacial score (nSPS) is 10.2. The molecule has 0 saturated heterocycles. The number of carboxylic acid groups (broad SMARTS) is 1. The van der Waals surface area contributed by atoms with Crippen LogP contribution in [0.2, 0.25) is 10.0 Å². The molecule has 8 heteroatoms. The summed E-state index contributed by atoms with van der Waals surface area (Å²) in [5, 5.41) is 20.2. The number of benzene rings is 2. The molecule has 0 spiro atoms. The van der Waals surface area contributed by atoms with Gasteiger partial charge in [0.05, 0.1) is 16.0 Å². The molecule has 108 valence electrons. The average Bonchev–Trinajstić information content (AvgIpc) is 2.42. The van der Waals surface area contributed by atoms with Crippen LogP contribution in [0.1, 0.15) is 10.4 Å². The largest absolute Gasteiger partial charge is 0.478 e. The van der Waals surface area contributed by atoms with Gasteiger partial charge in [0.2, 0.25) is 0 Å². The predicted octanol–water partition coefficient (Wildman–Crippen LogP) is 4.39. The Labute approximate surface area is 128 Å². The highest BCUT2D eigenvalue weighted by Crippen LogP contribution is 2.34. The molecule has 0 atom stereocenters. The topological polar surface area (TPSA) is 89.7 Å². The summed E-state index contributed by atoms with van der Waals surface area (Å²) in [5.74, 6) is -1.28. The van der Waals surface area contributed by atoms with Crippen molar-refractivity contribution >= 4 is 34.9 Å². The molecular weight excluding hydrogens is 321 g/mol. The minimum atomic E-state index is -1.24. The fraction of sp³-hybridized carbons (Fsp3) is 0. The van der Waals surface area contributed by atoms with Crippen molar-refractivity contribution in [1.29, 1.82) is 0 Å². The highest BCUT2D eigenvalue weighted by Gasteiger charge is 2.16. The van der Waals surface area contributed by atoms with Gasteiger partial charge in [-0.3, -0.25) is 10.1 Å². The minimum absolute atomic E-state index is 0.0179. The number of aromatic carboxylic acids is 1. The van der Waals surface area contributed by atoms with E-state index in [2.05, 4.69) is 0 Å². The Kier molecular flexibility index (Phi) is 4.30. The third kappa shape index (κ3) is 3.42.